The van der Waals surface area contributed by atoms with Crippen LogP contribution in [0, 0.1) is 0 Å². The van der Waals surface area contributed by atoms with Crippen molar-refractivity contribution in [1.29, 1.82) is 0 Å². The summed E-state index contributed by atoms with van der Waals surface area (Å²) in [6.45, 7) is 1.03. The second-order valence-corrected chi connectivity index (χ2v) is 7.23. The first-order valence-electron chi connectivity index (χ1n) is 10.2. The third kappa shape index (κ3) is 4.15. The van der Waals surface area contributed by atoms with Crippen LogP contribution >= 0.6 is 0 Å². The van der Waals surface area contributed by atoms with E-state index >= 15 is 0 Å². The molecule has 0 aliphatic heterocycles. The van der Waals surface area contributed by atoms with Crippen molar-refractivity contribution in [2.75, 3.05) is 20.8 Å². The summed E-state index contributed by atoms with van der Waals surface area (Å²) < 4.78 is 12.5. The van der Waals surface area contributed by atoms with Crippen molar-refractivity contribution >= 4 is 10.9 Å². The number of rotatable bonds is 7. The van der Waals surface area contributed by atoms with E-state index in [1.807, 2.05) is 66.7 Å². The summed E-state index contributed by atoms with van der Waals surface area (Å²) in [4.78, 5) is 17.9. The zero-order valence-electron chi connectivity index (χ0n) is 17.7. The van der Waals surface area contributed by atoms with E-state index in [4.69, 9.17) is 20.2 Å². The van der Waals surface area contributed by atoms with E-state index in [1.54, 1.807) is 18.8 Å². The van der Waals surface area contributed by atoms with Crippen molar-refractivity contribution in [3.8, 4) is 34.0 Å². The van der Waals surface area contributed by atoms with Gasteiger partial charge in [0.25, 0.3) is 5.56 Å². The molecule has 4 rings (SSSR count). The zero-order valence-corrected chi connectivity index (χ0v) is 17.7. The number of ether oxygens (including phenoxy) is 2. The Hall–Kier alpha value is -3.64. The SMILES string of the molecule is COc1cc(OC)cc(-c2ccc(-c3nc4ccccc4c(=O)n3CCCN)cc2)c1. The fourth-order valence-corrected chi connectivity index (χ4v) is 3.63. The molecule has 1 heterocycles. The van der Waals surface area contributed by atoms with Crippen LogP contribution in [0.4, 0.5) is 0 Å². The van der Waals surface area contributed by atoms with Gasteiger partial charge in [0.15, 0.2) is 0 Å². The lowest BCUT2D eigenvalue weighted by Crippen LogP contribution is -2.24. The van der Waals surface area contributed by atoms with Crippen molar-refractivity contribution in [3.63, 3.8) is 0 Å². The molecule has 4 aromatic rings. The number of aromatic nitrogens is 2. The van der Waals surface area contributed by atoms with Gasteiger partial charge in [0, 0.05) is 18.2 Å². The van der Waals surface area contributed by atoms with Crippen LogP contribution in [0.15, 0.2) is 71.5 Å². The van der Waals surface area contributed by atoms with Crippen LogP contribution in [-0.2, 0) is 6.54 Å². The van der Waals surface area contributed by atoms with Crippen molar-refractivity contribution in [2.45, 2.75) is 13.0 Å². The fourth-order valence-electron chi connectivity index (χ4n) is 3.63. The number of hydrogen-bond acceptors (Lipinski definition) is 5. The summed E-state index contributed by atoms with van der Waals surface area (Å²) in [5.74, 6) is 2.10. The number of fused-ring (bicyclic) bond motifs is 1. The van der Waals surface area contributed by atoms with Gasteiger partial charge in [-0.05, 0) is 48.4 Å². The lowest BCUT2D eigenvalue weighted by Gasteiger charge is -2.14. The maximum Gasteiger partial charge on any atom is 0.261 e. The molecule has 0 unspecified atom stereocenters. The Kier molecular flexibility index (Phi) is 6.00. The molecule has 0 bridgehead atoms. The molecule has 158 valence electrons. The van der Waals surface area contributed by atoms with Gasteiger partial charge in [-0.3, -0.25) is 9.36 Å². The molecule has 0 aliphatic carbocycles. The summed E-state index contributed by atoms with van der Waals surface area (Å²) >= 11 is 0. The van der Waals surface area contributed by atoms with Gasteiger partial charge in [0.2, 0.25) is 0 Å². The van der Waals surface area contributed by atoms with Gasteiger partial charge in [-0.2, -0.15) is 0 Å². The van der Waals surface area contributed by atoms with Crippen LogP contribution in [0.2, 0.25) is 0 Å². The molecule has 0 radical (unpaired) electrons. The van der Waals surface area contributed by atoms with Gasteiger partial charge in [-0.25, -0.2) is 4.98 Å². The Bertz CT molecular complexity index is 1240. The molecular formula is C25H25N3O3. The third-order valence-electron chi connectivity index (χ3n) is 5.28. The van der Waals surface area contributed by atoms with Crippen molar-refractivity contribution in [1.82, 2.24) is 9.55 Å². The van der Waals surface area contributed by atoms with E-state index < -0.39 is 0 Å². The molecular weight excluding hydrogens is 390 g/mol. The maximum atomic E-state index is 13.1. The van der Waals surface area contributed by atoms with Crippen LogP contribution in [0.3, 0.4) is 0 Å². The molecule has 0 fully saturated rings. The minimum Gasteiger partial charge on any atom is -0.497 e. The Balaban J connectivity index is 1.80. The first kappa shape index (κ1) is 20.6. The Morgan fingerprint density at radius 1 is 0.871 bits per heavy atom. The summed E-state index contributed by atoms with van der Waals surface area (Å²) in [6.07, 6.45) is 0.703. The number of benzene rings is 3. The molecule has 0 aliphatic rings. The number of nitrogens with two attached hydrogens (primary N) is 1. The second-order valence-electron chi connectivity index (χ2n) is 7.23. The predicted octanol–water partition coefficient (Wildman–Crippen LogP) is 4.10. The van der Waals surface area contributed by atoms with E-state index in [0.717, 1.165) is 28.2 Å². The highest BCUT2D eigenvalue weighted by atomic mass is 16.5. The van der Waals surface area contributed by atoms with E-state index in [1.165, 1.54) is 0 Å². The van der Waals surface area contributed by atoms with Gasteiger partial charge in [-0.1, -0.05) is 36.4 Å². The van der Waals surface area contributed by atoms with Crippen molar-refractivity contribution in [2.24, 2.45) is 5.73 Å². The topological polar surface area (TPSA) is 79.4 Å². The summed E-state index contributed by atoms with van der Waals surface area (Å²) in [5, 5.41) is 0.614. The molecule has 0 atom stereocenters. The van der Waals surface area contributed by atoms with E-state index in [0.29, 0.717) is 36.2 Å². The van der Waals surface area contributed by atoms with Gasteiger partial charge >= 0.3 is 0 Å². The molecule has 0 saturated heterocycles. The van der Waals surface area contributed by atoms with Crippen LogP contribution < -0.4 is 20.8 Å². The average molecular weight is 415 g/mol. The van der Waals surface area contributed by atoms with Gasteiger partial charge in [-0.15, -0.1) is 0 Å². The van der Waals surface area contributed by atoms with Crippen molar-refractivity contribution in [3.05, 3.63) is 77.1 Å². The molecule has 31 heavy (non-hydrogen) atoms. The highest BCUT2D eigenvalue weighted by Crippen LogP contribution is 2.31. The number of hydrogen-bond donors (Lipinski definition) is 1. The standard InChI is InChI=1S/C25H25N3O3/c1-30-20-14-19(15-21(16-20)31-2)17-8-10-18(11-9-17)24-27-23-7-4-3-6-22(23)25(29)28(24)13-5-12-26/h3-4,6-11,14-16H,5,12-13,26H2,1-2H3. The Morgan fingerprint density at radius 3 is 2.16 bits per heavy atom. The Morgan fingerprint density at radius 2 is 1.52 bits per heavy atom. The normalized spacial score (nSPS) is 10.9. The quantitative estimate of drug-likeness (QED) is 0.492. The fraction of sp³-hybridized carbons (Fsp3) is 0.200. The molecule has 6 nitrogen and oxygen atoms in total. The van der Waals surface area contributed by atoms with Gasteiger partial charge in [0.1, 0.15) is 17.3 Å². The summed E-state index contributed by atoms with van der Waals surface area (Å²) in [7, 11) is 3.27. The van der Waals surface area contributed by atoms with Gasteiger partial charge < -0.3 is 15.2 Å². The predicted molar refractivity (Wildman–Crippen MR) is 124 cm³/mol. The summed E-state index contributed by atoms with van der Waals surface area (Å²) in [5.41, 5.74) is 9.21. The summed E-state index contributed by atoms with van der Waals surface area (Å²) in [6, 6.07) is 21.2. The maximum absolute atomic E-state index is 13.1. The molecule has 1 aromatic heterocycles. The first-order valence-corrected chi connectivity index (χ1v) is 10.2. The van der Waals surface area contributed by atoms with E-state index in [-0.39, 0.29) is 5.56 Å². The van der Waals surface area contributed by atoms with Crippen LogP contribution in [0.5, 0.6) is 11.5 Å². The van der Waals surface area contributed by atoms with E-state index in [2.05, 4.69) is 0 Å². The minimum absolute atomic E-state index is 0.0457. The average Bonchev–Trinajstić information content (AvgIpc) is 2.83. The zero-order chi connectivity index (χ0) is 21.8. The van der Waals surface area contributed by atoms with Gasteiger partial charge in [0.05, 0.1) is 25.1 Å². The monoisotopic (exact) mass is 415 g/mol. The van der Waals surface area contributed by atoms with Crippen LogP contribution in [0.25, 0.3) is 33.4 Å². The number of methoxy groups -OCH3 is 2. The minimum atomic E-state index is -0.0457. The highest BCUT2D eigenvalue weighted by molar-refractivity contribution is 5.80. The number of nitrogens with zero attached hydrogens (tertiary/aromatic N) is 2. The molecule has 0 amide bonds. The number of para-hydroxylation sites is 1. The van der Waals surface area contributed by atoms with Crippen LogP contribution in [-0.4, -0.2) is 30.3 Å². The highest BCUT2D eigenvalue weighted by Gasteiger charge is 2.13. The lowest BCUT2D eigenvalue weighted by atomic mass is 10.0. The molecule has 3 aromatic carbocycles. The largest absolute Gasteiger partial charge is 0.497 e. The van der Waals surface area contributed by atoms with Crippen LogP contribution in [0.1, 0.15) is 6.42 Å². The smallest absolute Gasteiger partial charge is 0.261 e. The Labute approximate surface area is 180 Å². The molecule has 6 heteroatoms. The molecule has 2 N–H and O–H groups in total. The lowest BCUT2D eigenvalue weighted by molar-refractivity contribution is 0.394. The third-order valence-corrected chi connectivity index (χ3v) is 5.28. The van der Waals surface area contributed by atoms with Crippen molar-refractivity contribution < 1.29 is 9.47 Å². The second kappa shape index (κ2) is 9.02. The first-order chi connectivity index (χ1) is 15.1. The van der Waals surface area contributed by atoms with E-state index in [9.17, 15) is 4.79 Å². The molecule has 0 spiro atoms. The molecule has 0 saturated carbocycles.